The number of nitrogens with zero attached hydrogens (tertiary/aromatic N) is 6. The number of rotatable bonds is 4. The Bertz CT molecular complexity index is 1040. The molecular formula is C23H24N6O. The Balaban J connectivity index is 1.55. The summed E-state index contributed by atoms with van der Waals surface area (Å²) in [4.78, 5) is 17.0. The van der Waals surface area contributed by atoms with Crippen molar-refractivity contribution in [3.63, 3.8) is 0 Å². The molecule has 5 rings (SSSR count). The molecular weight excluding hydrogens is 376 g/mol. The standard InChI is InChI=1S/C23H24N6O/c30-22(27-14-8-3-9-15-27)17-28-20(18-10-4-1-5-11-18)16-21(19-12-6-2-7-13-19)29-23(28)24-25-26-29/h1-2,4-7,10-13,16,21H,3,8-9,14-15,17H2. The molecule has 1 amide bonds. The van der Waals surface area contributed by atoms with Crippen LogP contribution in [0.2, 0.25) is 0 Å². The molecule has 3 heterocycles. The van der Waals surface area contributed by atoms with Crippen LogP contribution in [0.15, 0.2) is 66.7 Å². The first-order valence-corrected chi connectivity index (χ1v) is 10.5. The third-order valence-electron chi connectivity index (χ3n) is 5.80. The van der Waals surface area contributed by atoms with Gasteiger partial charge in [0.25, 0.3) is 5.95 Å². The molecule has 1 fully saturated rings. The van der Waals surface area contributed by atoms with E-state index in [4.69, 9.17) is 0 Å². The number of fused-ring (bicyclic) bond motifs is 1. The molecule has 0 bridgehead atoms. The molecule has 0 saturated carbocycles. The van der Waals surface area contributed by atoms with Gasteiger partial charge < -0.3 is 4.90 Å². The summed E-state index contributed by atoms with van der Waals surface area (Å²) in [5.41, 5.74) is 3.10. The number of allylic oxidation sites excluding steroid dienone is 1. The lowest BCUT2D eigenvalue weighted by atomic mass is 10.0. The smallest absolute Gasteiger partial charge is 0.251 e. The molecule has 2 aliphatic heterocycles. The predicted molar refractivity (Wildman–Crippen MR) is 115 cm³/mol. The molecule has 2 aliphatic rings. The maximum Gasteiger partial charge on any atom is 0.251 e. The quantitative estimate of drug-likeness (QED) is 0.673. The molecule has 1 atom stereocenters. The molecule has 0 aliphatic carbocycles. The molecule has 0 radical (unpaired) electrons. The van der Waals surface area contributed by atoms with Crippen LogP contribution >= 0.6 is 0 Å². The van der Waals surface area contributed by atoms with Crippen LogP contribution in [0.4, 0.5) is 5.95 Å². The number of carbonyl (C=O) groups is 1. The van der Waals surface area contributed by atoms with Crippen LogP contribution in [0.3, 0.4) is 0 Å². The summed E-state index contributed by atoms with van der Waals surface area (Å²) in [6.45, 7) is 1.88. The molecule has 2 aromatic carbocycles. The zero-order valence-corrected chi connectivity index (χ0v) is 16.8. The van der Waals surface area contributed by atoms with Crippen molar-refractivity contribution in [3.8, 4) is 0 Å². The highest BCUT2D eigenvalue weighted by molar-refractivity contribution is 5.89. The van der Waals surface area contributed by atoms with Crippen molar-refractivity contribution in [2.75, 3.05) is 24.5 Å². The summed E-state index contributed by atoms with van der Waals surface area (Å²) in [6.07, 6.45) is 5.49. The normalized spacial score (nSPS) is 18.7. The van der Waals surface area contributed by atoms with Gasteiger partial charge in [0, 0.05) is 13.1 Å². The molecule has 7 heteroatoms. The number of hydrogen-bond acceptors (Lipinski definition) is 5. The van der Waals surface area contributed by atoms with Gasteiger partial charge in [0.05, 0.1) is 5.70 Å². The number of amides is 1. The van der Waals surface area contributed by atoms with Gasteiger partial charge in [0.2, 0.25) is 5.91 Å². The van der Waals surface area contributed by atoms with Crippen LogP contribution in [0.1, 0.15) is 36.4 Å². The van der Waals surface area contributed by atoms with Gasteiger partial charge in [0.15, 0.2) is 0 Å². The number of piperidine rings is 1. The number of carbonyl (C=O) groups excluding carboxylic acids is 1. The minimum absolute atomic E-state index is 0.115. The van der Waals surface area contributed by atoms with E-state index in [1.807, 2.05) is 46.2 Å². The highest BCUT2D eigenvalue weighted by Crippen LogP contribution is 2.36. The molecule has 7 nitrogen and oxygen atoms in total. The summed E-state index contributed by atoms with van der Waals surface area (Å²) < 4.78 is 1.80. The molecule has 1 unspecified atom stereocenters. The first-order valence-electron chi connectivity index (χ1n) is 10.5. The fourth-order valence-corrected chi connectivity index (χ4v) is 4.25. The maximum atomic E-state index is 13.1. The average molecular weight is 400 g/mol. The molecule has 3 aromatic rings. The summed E-state index contributed by atoms with van der Waals surface area (Å²) in [6, 6.07) is 20.2. The Morgan fingerprint density at radius 2 is 1.63 bits per heavy atom. The fourth-order valence-electron chi connectivity index (χ4n) is 4.25. The molecule has 0 spiro atoms. The van der Waals surface area contributed by atoms with Crippen LogP contribution in [-0.4, -0.2) is 50.6 Å². The van der Waals surface area contributed by atoms with Gasteiger partial charge in [-0.2, -0.15) is 4.68 Å². The van der Waals surface area contributed by atoms with E-state index in [0.717, 1.165) is 42.8 Å². The zero-order chi connectivity index (χ0) is 20.3. The van der Waals surface area contributed by atoms with Crippen molar-refractivity contribution >= 4 is 17.6 Å². The first kappa shape index (κ1) is 18.5. The van der Waals surface area contributed by atoms with Crippen molar-refractivity contribution in [2.45, 2.75) is 25.3 Å². The Morgan fingerprint density at radius 1 is 0.933 bits per heavy atom. The number of anilines is 1. The topological polar surface area (TPSA) is 67.2 Å². The van der Waals surface area contributed by atoms with Gasteiger partial charge in [0.1, 0.15) is 12.6 Å². The van der Waals surface area contributed by atoms with Crippen molar-refractivity contribution in [1.29, 1.82) is 0 Å². The van der Waals surface area contributed by atoms with E-state index in [1.165, 1.54) is 6.42 Å². The number of benzene rings is 2. The summed E-state index contributed by atoms with van der Waals surface area (Å²) in [5.74, 6) is 0.708. The third-order valence-corrected chi connectivity index (χ3v) is 5.80. The maximum absolute atomic E-state index is 13.1. The second kappa shape index (κ2) is 8.10. The second-order valence-electron chi connectivity index (χ2n) is 7.72. The van der Waals surface area contributed by atoms with E-state index in [-0.39, 0.29) is 18.5 Å². The Morgan fingerprint density at radius 3 is 2.37 bits per heavy atom. The van der Waals surface area contributed by atoms with Crippen molar-refractivity contribution in [3.05, 3.63) is 77.9 Å². The van der Waals surface area contributed by atoms with Gasteiger partial charge in [-0.05, 0) is 46.9 Å². The molecule has 0 N–H and O–H groups in total. The van der Waals surface area contributed by atoms with Crippen LogP contribution in [0.5, 0.6) is 0 Å². The van der Waals surface area contributed by atoms with E-state index in [0.29, 0.717) is 5.95 Å². The van der Waals surface area contributed by atoms with Gasteiger partial charge >= 0.3 is 0 Å². The van der Waals surface area contributed by atoms with Crippen molar-refractivity contribution < 1.29 is 4.79 Å². The Hall–Kier alpha value is -3.48. The molecule has 152 valence electrons. The van der Waals surface area contributed by atoms with Crippen LogP contribution in [0.25, 0.3) is 5.70 Å². The van der Waals surface area contributed by atoms with E-state index in [1.54, 1.807) is 4.68 Å². The van der Waals surface area contributed by atoms with Gasteiger partial charge in [-0.25, -0.2) is 0 Å². The van der Waals surface area contributed by atoms with Gasteiger partial charge in [-0.3, -0.25) is 9.69 Å². The Kier molecular flexibility index (Phi) is 5.01. The summed E-state index contributed by atoms with van der Waals surface area (Å²) in [5, 5.41) is 12.5. The zero-order valence-electron chi connectivity index (χ0n) is 16.8. The summed E-state index contributed by atoms with van der Waals surface area (Å²) >= 11 is 0. The average Bonchev–Trinajstić information content (AvgIpc) is 3.31. The third kappa shape index (κ3) is 3.47. The van der Waals surface area contributed by atoms with E-state index < -0.39 is 0 Å². The predicted octanol–water partition coefficient (Wildman–Crippen LogP) is 3.14. The monoisotopic (exact) mass is 400 g/mol. The number of tetrazole rings is 1. The molecule has 1 saturated heterocycles. The van der Waals surface area contributed by atoms with E-state index in [9.17, 15) is 4.79 Å². The first-order chi connectivity index (χ1) is 14.8. The van der Waals surface area contributed by atoms with E-state index in [2.05, 4.69) is 45.9 Å². The van der Waals surface area contributed by atoms with Crippen molar-refractivity contribution in [2.24, 2.45) is 0 Å². The van der Waals surface area contributed by atoms with Crippen LogP contribution in [0, 0.1) is 0 Å². The second-order valence-corrected chi connectivity index (χ2v) is 7.72. The highest BCUT2D eigenvalue weighted by Gasteiger charge is 2.32. The number of likely N-dealkylation sites (tertiary alicyclic amines) is 1. The summed E-state index contributed by atoms with van der Waals surface area (Å²) in [7, 11) is 0. The lowest BCUT2D eigenvalue weighted by molar-refractivity contribution is -0.130. The number of aromatic nitrogens is 4. The van der Waals surface area contributed by atoms with Gasteiger partial charge in [-0.15, -0.1) is 0 Å². The SMILES string of the molecule is O=C(CN1C(c2ccccc2)=CC(c2ccccc2)n2nnnc21)N1CCCCC1. The number of hydrogen-bond donors (Lipinski definition) is 0. The minimum Gasteiger partial charge on any atom is -0.341 e. The fraction of sp³-hybridized carbons (Fsp3) is 0.304. The molecule has 30 heavy (non-hydrogen) atoms. The van der Waals surface area contributed by atoms with Gasteiger partial charge in [-0.1, -0.05) is 65.8 Å². The lowest BCUT2D eigenvalue weighted by Crippen LogP contribution is -2.44. The Labute approximate surface area is 175 Å². The lowest BCUT2D eigenvalue weighted by Gasteiger charge is -2.34. The highest BCUT2D eigenvalue weighted by atomic mass is 16.2. The minimum atomic E-state index is -0.132. The van der Waals surface area contributed by atoms with Crippen molar-refractivity contribution in [1.82, 2.24) is 25.1 Å². The van der Waals surface area contributed by atoms with Crippen LogP contribution in [-0.2, 0) is 4.79 Å². The molecule has 1 aromatic heterocycles. The van der Waals surface area contributed by atoms with Crippen LogP contribution < -0.4 is 4.90 Å². The largest absolute Gasteiger partial charge is 0.341 e. The van der Waals surface area contributed by atoms with E-state index >= 15 is 0 Å².